The number of nitrogens with zero attached hydrogens (tertiary/aromatic N) is 1. The molecule has 22 heavy (non-hydrogen) atoms. The van der Waals surface area contributed by atoms with Gasteiger partial charge in [-0.25, -0.2) is 0 Å². The minimum Gasteiger partial charge on any atom is -0.385 e. The highest BCUT2D eigenvalue weighted by Crippen LogP contribution is 2.13. The average Bonchev–Trinajstić information content (AvgIpc) is 2.58. The summed E-state index contributed by atoms with van der Waals surface area (Å²) in [6.45, 7) is 8.69. The molecule has 0 spiro atoms. The van der Waals surface area contributed by atoms with Crippen molar-refractivity contribution in [2.45, 2.75) is 33.2 Å². The third-order valence-electron chi connectivity index (χ3n) is 4.04. The van der Waals surface area contributed by atoms with Gasteiger partial charge in [0.2, 0.25) is 0 Å². The fraction of sp³-hybridized carbons (Fsp3) is 0.400. The lowest BCUT2D eigenvalue weighted by molar-refractivity contribution is 0.296. The van der Waals surface area contributed by atoms with Crippen molar-refractivity contribution in [3.05, 3.63) is 65.7 Å². The first-order valence-corrected chi connectivity index (χ1v) is 8.41. The minimum atomic E-state index is 1.02. The Hall–Kier alpha value is -1.80. The first-order valence-electron chi connectivity index (χ1n) is 8.41. The van der Waals surface area contributed by atoms with E-state index in [2.05, 4.69) is 78.7 Å². The van der Waals surface area contributed by atoms with Gasteiger partial charge in [0.1, 0.15) is 0 Å². The predicted molar refractivity (Wildman–Crippen MR) is 96.3 cm³/mol. The topological polar surface area (TPSA) is 15.3 Å². The lowest BCUT2D eigenvalue weighted by atomic mass is 10.1. The van der Waals surface area contributed by atoms with Crippen LogP contribution in [0.2, 0.25) is 0 Å². The second-order valence-corrected chi connectivity index (χ2v) is 5.68. The molecule has 0 radical (unpaired) electrons. The lowest BCUT2D eigenvalue weighted by Crippen LogP contribution is -2.22. The Kier molecular flexibility index (Phi) is 6.98. The van der Waals surface area contributed by atoms with E-state index in [-0.39, 0.29) is 0 Å². The normalized spacial score (nSPS) is 10.9. The van der Waals surface area contributed by atoms with Crippen molar-refractivity contribution < 1.29 is 0 Å². The van der Waals surface area contributed by atoms with Gasteiger partial charge in [0.05, 0.1) is 0 Å². The molecule has 0 fully saturated rings. The molecule has 1 N–H and O–H groups in total. The van der Waals surface area contributed by atoms with E-state index in [9.17, 15) is 0 Å². The number of nitrogens with one attached hydrogen (secondary N) is 1. The molecule has 0 bridgehead atoms. The lowest BCUT2D eigenvalue weighted by Gasteiger charge is -2.18. The summed E-state index contributed by atoms with van der Waals surface area (Å²) in [7, 11) is 0. The number of aryl methyl sites for hydroxylation is 1. The van der Waals surface area contributed by atoms with Gasteiger partial charge >= 0.3 is 0 Å². The Morgan fingerprint density at radius 1 is 0.864 bits per heavy atom. The maximum atomic E-state index is 3.55. The molecule has 0 unspecified atom stereocenters. The molecule has 2 nitrogen and oxygen atoms in total. The average molecular weight is 296 g/mol. The van der Waals surface area contributed by atoms with Crippen molar-refractivity contribution in [1.82, 2.24) is 4.90 Å². The second kappa shape index (κ2) is 9.26. The zero-order chi connectivity index (χ0) is 15.6. The molecule has 2 aromatic carbocycles. The largest absolute Gasteiger partial charge is 0.385 e. The molecule has 0 atom stereocenters. The van der Waals surface area contributed by atoms with E-state index >= 15 is 0 Å². The number of benzene rings is 2. The second-order valence-electron chi connectivity index (χ2n) is 5.68. The summed E-state index contributed by atoms with van der Waals surface area (Å²) in [5.41, 5.74) is 4.04. The Morgan fingerprint density at radius 3 is 2.32 bits per heavy atom. The van der Waals surface area contributed by atoms with Crippen molar-refractivity contribution in [3.63, 3.8) is 0 Å². The van der Waals surface area contributed by atoms with Gasteiger partial charge in [-0.2, -0.15) is 0 Å². The molecule has 0 aliphatic carbocycles. The smallest absolute Gasteiger partial charge is 0.0343 e. The first kappa shape index (κ1) is 16.6. The van der Waals surface area contributed by atoms with Crippen molar-refractivity contribution in [1.29, 1.82) is 0 Å². The van der Waals surface area contributed by atoms with Crippen LogP contribution in [0.25, 0.3) is 0 Å². The van der Waals surface area contributed by atoms with Crippen LogP contribution in [0.15, 0.2) is 54.6 Å². The van der Waals surface area contributed by atoms with Crippen LogP contribution < -0.4 is 5.32 Å². The van der Waals surface area contributed by atoms with Crippen LogP contribution in [0.5, 0.6) is 0 Å². The van der Waals surface area contributed by atoms with Gasteiger partial charge in [-0.15, -0.1) is 0 Å². The van der Waals surface area contributed by atoms with Crippen LogP contribution in [0.4, 0.5) is 5.69 Å². The highest BCUT2D eigenvalue weighted by molar-refractivity contribution is 5.45. The number of hydrogen-bond acceptors (Lipinski definition) is 2. The SMILES string of the molecule is CCN(CC)Cc1cccc(NCCCc2ccccc2)c1. The summed E-state index contributed by atoms with van der Waals surface area (Å²) in [5, 5.41) is 3.55. The van der Waals surface area contributed by atoms with Gasteiger partial charge in [-0.1, -0.05) is 56.3 Å². The molecular weight excluding hydrogens is 268 g/mol. The number of hydrogen-bond donors (Lipinski definition) is 1. The van der Waals surface area contributed by atoms with Crippen LogP contribution in [-0.4, -0.2) is 24.5 Å². The summed E-state index contributed by atoms with van der Waals surface area (Å²) in [6.07, 6.45) is 2.29. The maximum Gasteiger partial charge on any atom is 0.0343 e. The fourth-order valence-electron chi connectivity index (χ4n) is 2.65. The van der Waals surface area contributed by atoms with Crippen LogP contribution in [-0.2, 0) is 13.0 Å². The monoisotopic (exact) mass is 296 g/mol. The molecule has 0 aliphatic rings. The summed E-state index contributed by atoms with van der Waals surface area (Å²) in [5.74, 6) is 0. The van der Waals surface area contributed by atoms with Crippen LogP contribution in [0, 0.1) is 0 Å². The third-order valence-corrected chi connectivity index (χ3v) is 4.04. The highest BCUT2D eigenvalue weighted by atomic mass is 15.1. The Morgan fingerprint density at radius 2 is 1.59 bits per heavy atom. The van der Waals surface area contributed by atoms with Crippen molar-refractivity contribution in [3.8, 4) is 0 Å². The summed E-state index contributed by atoms with van der Waals surface area (Å²) in [4.78, 5) is 2.44. The molecule has 0 saturated carbocycles. The molecule has 2 rings (SSSR count). The molecular formula is C20H28N2. The Balaban J connectivity index is 1.78. The van der Waals surface area contributed by atoms with Gasteiger partial charge in [-0.05, 0) is 49.2 Å². The highest BCUT2D eigenvalue weighted by Gasteiger charge is 2.02. The van der Waals surface area contributed by atoms with E-state index in [0.29, 0.717) is 0 Å². The molecule has 2 aromatic rings. The van der Waals surface area contributed by atoms with Gasteiger partial charge in [0.15, 0.2) is 0 Å². The number of anilines is 1. The third kappa shape index (κ3) is 5.53. The predicted octanol–water partition coefficient (Wildman–Crippen LogP) is 4.57. The van der Waals surface area contributed by atoms with Crippen LogP contribution in [0.1, 0.15) is 31.4 Å². The fourth-order valence-corrected chi connectivity index (χ4v) is 2.65. The van der Waals surface area contributed by atoms with Crippen molar-refractivity contribution in [2.24, 2.45) is 0 Å². The van der Waals surface area contributed by atoms with Gasteiger partial charge in [-0.3, -0.25) is 4.90 Å². The van der Waals surface area contributed by atoms with Gasteiger partial charge in [0, 0.05) is 18.8 Å². The van der Waals surface area contributed by atoms with E-state index in [0.717, 1.165) is 39.0 Å². The van der Waals surface area contributed by atoms with Crippen LogP contribution >= 0.6 is 0 Å². The zero-order valence-corrected chi connectivity index (χ0v) is 13.9. The van der Waals surface area contributed by atoms with E-state index in [4.69, 9.17) is 0 Å². The molecule has 0 amide bonds. The Bertz CT molecular complexity index is 532. The molecule has 0 heterocycles. The minimum absolute atomic E-state index is 1.02. The van der Waals surface area contributed by atoms with E-state index < -0.39 is 0 Å². The quantitative estimate of drug-likeness (QED) is 0.682. The van der Waals surface area contributed by atoms with Gasteiger partial charge < -0.3 is 5.32 Å². The van der Waals surface area contributed by atoms with Gasteiger partial charge in [0.25, 0.3) is 0 Å². The van der Waals surface area contributed by atoms with E-state index in [1.165, 1.54) is 16.8 Å². The molecule has 0 aliphatic heterocycles. The molecule has 118 valence electrons. The van der Waals surface area contributed by atoms with E-state index in [1.54, 1.807) is 0 Å². The summed E-state index contributed by atoms with van der Waals surface area (Å²) in [6, 6.07) is 19.5. The maximum absolute atomic E-state index is 3.55. The molecule has 0 saturated heterocycles. The molecule has 2 heteroatoms. The zero-order valence-electron chi connectivity index (χ0n) is 13.9. The summed E-state index contributed by atoms with van der Waals surface area (Å²) < 4.78 is 0. The molecule has 0 aromatic heterocycles. The standard InChI is InChI=1S/C20H28N2/c1-3-22(4-2)17-19-12-8-14-20(16-19)21-15-9-13-18-10-6-5-7-11-18/h5-8,10-12,14,16,21H,3-4,9,13,15,17H2,1-2H3. The first-order chi connectivity index (χ1) is 10.8. The van der Waals surface area contributed by atoms with Crippen molar-refractivity contribution in [2.75, 3.05) is 25.0 Å². The van der Waals surface area contributed by atoms with Crippen LogP contribution in [0.3, 0.4) is 0 Å². The number of rotatable bonds is 9. The Labute approximate surface area is 135 Å². The van der Waals surface area contributed by atoms with E-state index in [1.807, 2.05) is 0 Å². The van der Waals surface area contributed by atoms with Crippen molar-refractivity contribution >= 4 is 5.69 Å². The summed E-state index contributed by atoms with van der Waals surface area (Å²) >= 11 is 0.